The van der Waals surface area contributed by atoms with Crippen molar-refractivity contribution < 1.29 is 0 Å². The summed E-state index contributed by atoms with van der Waals surface area (Å²) in [5.41, 5.74) is 0.346. The monoisotopic (exact) mass is 232 g/mol. The molecule has 0 radical (unpaired) electrons. The lowest BCUT2D eigenvalue weighted by Gasteiger charge is -2.58. The van der Waals surface area contributed by atoms with Crippen LogP contribution >= 0.6 is 0 Å². The van der Waals surface area contributed by atoms with Gasteiger partial charge in [-0.25, -0.2) is 0 Å². The molecule has 0 aromatic carbocycles. The average molecular weight is 232 g/mol. The van der Waals surface area contributed by atoms with Crippen molar-refractivity contribution >= 4 is 0 Å². The van der Waals surface area contributed by atoms with Crippen LogP contribution in [0.2, 0.25) is 0 Å². The number of nitrogens with one attached hydrogen (secondary N) is 1. The minimum atomic E-state index is 0.121. The minimum Gasteiger partial charge on any atom is -0.301 e. The molecular weight excluding hydrogens is 208 g/mol. The molecule has 17 heavy (non-hydrogen) atoms. The third-order valence-corrected chi connectivity index (χ3v) is 5.43. The maximum absolute atomic E-state index is 9.50. The molecule has 4 fully saturated rings. The molecule has 2 nitrogen and oxygen atoms in total. The van der Waals surface area contributed by atoms with Gasteiger partial charge in [0, 0.05) is 0 Å². The average Bonchev–Trinajstić information content (AvgIpc) is 2.27. The van der Waals surface area contributed by atoms with Gasteiger partial charge < -0.3 is 5.32 Å². The molecule has 4 aliphatic rings. The first-order valence-electron chi connectivity index (χ1n) is 7.39. The van der Waals surface area contributed by atoms with E-state index in [-0.39, 0.29) is 6.04 Å². The van der Waals surface area contributed by atoms with E-state index in [4.69, 9.17) is 0 Å². The Labute approximate surface area is 105 Å². The van der Waals surface area contributed by atoms with E-state index in [2.05, 4.69) is 18.3 Å². The van der Waals surface area contributed by atoms with Gasteiger partial charge in [-0.15, -0.1) is 0 Å². The predicted octanol–water partition coefficient (Wildman–Crippen LogP) is 3.09. The molecule has 1 unspecified atom stereocenters. The maximum atomic E-state index is 9.50. The lowest BCUT2D eigenvalue weighted by Crippen LogP contribution is -2.55. The van der Waals surface area contributed by atoms with Crippen molar-refractivity contribution in [1.29, 1.82) is 5.26 Å². The van der Waals surface area contributed by atoms with Crippen molar-refractivity contribution in [3.8, 4) is 6.07 Å². The summed E-state index contributed by atoms with van der Waals surface area (Å²) >= 11 is 0. The van der Waals surface area contributed by atoms with Gasteiger partial charge in [-0.05, 0) is 74.7 Å². The second-order valence-electron chi connectivity index (χ2n) is 6.80. The maximum Gasteiger partial charge on any atom is 0.101 e. The highest BCUT2D eigenvalue weighted by atomic mass is 14.9. The Bertz CT molecular complexity index is 293. The largest absolute Gasteiger partial charge is 0.301 e. The van der Waals surface area contributed by atoms with E-state index in [1.807, 2.05) is 0 Å². The SMILES string of the molecule is CCCNC(C#N)C12CC3CC(CC(C3)C1)C2. The summed E-state index contributed by atoms with van der Waals surface area (Å²) in [5.74, 6) is 2.83. The number of nitriles is 1. The predicted molar refractivity (Wildman–Crippen MR) is 68.3 cm³/mol. The molecule has 1 N–H and O–H groups in total. The van der Waals surface area contributed by atoms with Gasteiger partial charge >= 0.3 is 0 Å². The van der Waals surface area contributed by atoms with E-state index in [9.17, 15) is 5.26 Å². The van der Waals surface area contributed by atoms with Crippen LogP contribution in [0.15, 0.2) is 0 Å². The zero-order valence-electron chi connectivity index (χ0n) is 10.9. The summed E-state index contributed by atoms with van der Waals surface area (Å²) in [4.78, 5) is 0. The van der Waals surface area contributed by atoms with Crippen LogP contribution in [0, 0.1) is 34.5 Å². The molecule has 0 heterocycles. The van der Waals surface area contributed by atoms with E-state index in [0.29, 0.717) is 5.41 Å². The quantitative estimate of drug-likeness (QED) is 0.808. The van der Waals surface area contributed by atoms with Crippen LogP contribution in [-0.4, -0.2) is 12.6 Å². The van der Waals surface area contributed by atoms with Crippen molar-refractivity contribution in [3.05, 3.63) is 0 Å². The fourth-order valence-electron chi connectivity index (χ4n) is 5.22. The first kappa shape index (κ1) is 11.5. The van der Waals surface area contributed by atoms with E-state index in [1.165, 1.54) is 38.5 Å². The van der Waals surface area contributed by atoms with Crippen molar-refractivity contribution in [2.45, 2.75) is 57.9 Å². The topological polar surface area (TPSA) is 35.8 Å². The van der Waals surface area contributed by atoms with E-state index in [1.54, 1.807) is 0 Å². The molecule has 0 spiro atoms. The Morgan fingerprint density at radius 3 is 2.12 bits per heavy atom. The number of hydrogen-bond donors (Lipinski definition) is 1. The lowest BCUT2D eigenvalue weighted by atomic mass is 9.48. The molecule has 4 aliphatic carbocycles. The second-order valence-corrected chi connectivity index (χ2v) is 6.80. The van der Waals surface area contributed by atoms with Gasteiger partial charge in [-0.1, -0.05) is 6.92 Å². The first-order chi connectivity index (χ1) is 8.25. The second kappa shape index (κ2) is 4.28. The fourth-order valence-corrected chi connectivity index (χ4v) is 5.22. The third-order valence-electron chi connectivity index (χ3n) is 5.43. The van der Waals surface area contributed by atoms with Gasteiger partial charge in [-0.2, -0.15) is 5.26 Å². The Kier molecular flexibility index (Phi) is 2.91. The molecule has 0 amide bonds. The number of hydrogen-bond acceptors (Lipinski definition) is 2. The van der Waals surface area contributed by atoms with Gasteiger partial charge in [0.2, 0.25) is 0 Å². The van der Waals surface area contributed by atoms with Gasteiger partial charge in [0.15, 0.2) is 0 Å². The lowest BCUT2D eigenvalue weighted by molar-refractivity contribution is -0.0636. The van der Waals surface area contributed by atoms with Crippen molar-refractivity contribution in [2.24, 2.45) is 23.2 Å². The minimum absolute atomic E-state index is 0.121. The zero-order chi connectivity index (χ0) is 11.9. The number of nitrogens with zero attached hydrogens (tertiary/aromatic N) is 1. The Balaban J connectivity index is 1.78. The molecular formula is C15H24N2. The molecule has 94 valence electrons. The molecule has 0 aromatic heterocycles. The summed E-state index contributed by atoms with van der Waals surface area (Å²) in [6, 6.07) is 2.70. The van der Waals surface area contributed by atoms with Crippen LogP contribution in [0.5, 0.6) is 0 Å². The van der Waals surface area contributed by atoms with E-state index in [0.717, 1.165) is 30.7 Å². The summed E-state index contributed by atoms with van der Waals surface area (Å²) in [7, 11) is 0. The normalized spacial score (nSPS) is 44.6. The smallest absolute Gasteiger partial charge is 0.101 e. The molecule has 2 heteroatoms. The number of rotatable bonds is 4. The van der Waals surface area contributed by atoms with Gasteiger partial charge in [0.1, 0.15) is 6.04 Å². The first-order valence-corrected chi connectivity index (χ1v) is 7.39. The molecule has 0 aliphatic heterocycles. The van der Waals surface area contributed by atoms with Crippen LogP contribution < -0.4 is 5.32 Å². The summed E-state index contributed by atoms with van der Waals surface area (Å²) < 4.78 is 0. The molecule has 4 saturated carbocycles. The fraction of sp³-hybridized carbons (Fsp3) is 0.933. The summed E-state index contributed by atoms with van der Waals surface area (Å²) in [5, 5.41) is 13.0. The highest BCUT2D eigenvalue weighted by molar-refractivity contribution is 5.12. The Morgan fingerprint density at radius 1 is 1.18 bits per heavy atom. The summed E-state index contributed by atoms with van der Waals surface area (Å²) in [6.07, 6.45) is 9.50. The van der Waals surface area contributed by atoms with Crippen LogP contribution in [0.25, 0.3) is 0 Å². The van der Waals surface area contributed by atoms with Crippen LogP contribution in [0.1, 0.15) is 51.9 Å². The van der Waals surface area contributed by atoms with Crippen molar-refractivity contribution in [1.82, 2.24) is 5.32 Å². The highest BCUT2D eigenvalue weighted by Gasteiger charge is 2.54. The molecule has 1 atom stereocenters. The van der Waals surface area contributed by atoms with E-state index < -0.39 is 0 Å². The van der Waals surface area contributed by atoms with Gasteiger partial charge in [-0.3, -0.25) is 0 Å². The molecule has 4 rings (SSSR count). The molecule has 0 aromatic rings. The van der Waals surface area contributed by atoms with Crippen molar-refractivity contribution in [2.75, 3.05) is 6.54 Å². The van der Waals surface area contributed by atoms with Gasteiger partial charge in [0.05, 0.1) is 6.07 Å². The Hall–Kier alpha value is -0.550. The van der Waals surface area contributed by atoms with Crippen LogP contribution in [0.3, 0.4) is 0 Å². The van der Waals surface area contributed by atoms with Crippen molar-refractivity contribution in [3.63, 3.8) is 0 Å². The van der Waals surface area contributed by atoms with Gasteiger partial charge in [0.25, 0.3) is 0 Å². The summed E-state index contributed by atoms with van der Waals surface area (Å²) in [6.45, 7) is 3.18. The Morgan fingerprint density at radius 2 is 1.71 bits per heavy atom. The standard InChI is InChI=1S/C15H24N2/c1-2-3-17-14(10-16)15-7-11-4-12(8-15)6-13(5-11)9-15/h11-14,17H,2-9H2,1H3. The van der Waals surface area contributed by atoms with Crippen LogP contribution in [0.4, 0.5) is 0 Å². The molecule has 4 bridgehead atoms. The zero-order valence-corrected chi connectivity index (χ0v) is 10.9. The van der Waals surface area contributed by atoms with E-state index >= 15 is 0 Å². The van der Waals surface area contributed by atoms with Crippen LogP contribution in [-0.2, 0) is 0 Å². The molecule has 0 saturated heterocycles. The highest BCUT2D eigenvalue weighted by Crippen LogP contribution is 2.61. The third kappa shape index (κ3) is 1.89.